The van der Waals surface area contributed by atoms with Crippen molar-refractivity contribution in [2.24, 2.45) is 5.92 Å². The fourth-order valence-electron chi connectivity index (χ4n) is 4.19. The normalized spacial score (nSPS) is 15.8. The van der Waals surface area contributed by atoms with Crippen molar-refractivity contribution in [1.29, 1.82) is 0 Å². The van der Waals surface area contributed by atoms with Crippen molar-refractivity contribution in [2.45, 2.75) is 25.9 Å². The molecule has 1 unspecified atom stereocenters. The van der Waals surface area contributed by atoms with Crippen molar-refractivity contribution in [3.8, 4) is 22.9 Å². The average molecular weight is 543 g/mol. The van der Waals surface area contributed by atoms with Crippen LogP contribution in [0.25, 0.3) is 21.5 Å². The predicted octanol–water partition coefficient (Wildman–Crippen LogP) is 5.93. The van der Waals surface area contributed by atoms with Crippen molar-refractivity contribution in [3.05, 3.63) is 54.1 Å². The number of anilines is 2. The van der Waals surface area contributed by atoms with Crippen molar-refractivity contribution in [1.82, 2.24) is 20.3 Å². The largest absolute Gasteiger partial charge is 0.437 e. The number of rotatable bonds is 7. The fourth-order valence-corrected chi connectivity index (χ4v) is 5.12. The molecule has 1 fully saturated rings. The first kappa shape index (κ1) is 25.9. The number of aromatic nitrogens is 3. The number of benzene rings is 2. The zero-order valence-corrected chi connectivity index (χ0v) is 21.2. The summed E-state index contributed by atoms with van der Waals surface area (Å²) in [4.78, 5) is 25.0. The van der Waals surface area contributed by atoms with Crippen LogP contribution in [0.3, 0.4) is 0 Å². The van der Waals surface area contributed by atoms with Crippen LogP contribution in [0.1, 0.15) is 25.3 Å². The van der Waals surface area contributed by atoms with Crippen molar-refractivity contribution in [2.75, 3.05) is 30.3 Å². The van der Waals surface area contributed by atoms with E-state index >= 15 is 0 Å². The molecule has 0 saturated carbocycles. The third-order valence-corrected chi connectivity index (χ3v) is 6.97. The number of thiazole rings is 1. The molecule has 3 N–H and O–H groups in total. The molecule has 5 rings (SSSR count). The highest BCUT2D eigenvalue weighted by Gasteiger charge is 2.30. The van der Waals surface area contributed by atoms with Gasteiger partial charge < -0.3 is 20.7 Å². The Morgan fingerprint density at radius 1 is 1.16 bits per heavy atom. The minimum absolute atomic E-state index is 0.209. The summed E-state index contributed by atoms with van der Waals surface area (Å²) in [5.74, 6) is 1.12. The summed E-state index contributed by atoms with van der Waals surface area (Å²) in [6, 6.07) is 11.8. The van der Waals surface area contributed by atoms with E-state index in [1.54, 1.807) is 18.2 Å². The van der Waals surface area contributed by atoms with Gasteiger partial charge in [0.1, 0.15) is 5.52 Å². The van der Waals surface area contributed by atoms with E-state index in [-0.39, 0.29) is 11.8 Å². The summed E-state index contributed by atoms with van der Waals surface area (Å²) in [6.07, 6.45) is -2.27. The quantitative estimate of drug-likeness (QED) is 0.266. The first-order chi connectivity index (χ1) is 18.2. The molecule has 38 heavy (non-hydrogen) atoms. The number of para-hydroxylation sites is 1. The molecular weight excluding hydrogens is 517 g/mol. The zero-order valence-electron chi connectivity index (χ0n) is 20.4. The van der Waals surface area contributed by atoms with Crippen LogP contribution in [0.2, 0.25) is 0 Å². The number of fused-ring (bicyclic) bond motifs is 1. The number of alkyl halides is 3. The Bertz CT molecular complexity index is 1440. The van der Waals surface area contributed by atoms with Gasteiger partial charge in [-0.25, -0.2) is 9.97 Å². The molecule has 4 aromatic rings. The smallest absolute Gasteiger partial charge is 0.416 e. The Morgan fingerprint density at radius 3 is 2.68 bits per heavy atom. The zero-order chi connectivity index (χ0) is 26.7. The monoisotopic (exact) mass is 542 g/mol. The van der Waals surface area contributed by atoms with Crippen LogP contribution in [-0.2, 0) is 11.0 Å². The molecule has 198 valence electrons. The molecule has 2 aromatic carbocycles. The minimum Gasteiger partial charge on any atom is -0.437 e. The lowest BCUT2D eigenvalue weighted by Crippen LogP contribution is -2.33. The number of halogens is 3. The molecule has 1 saturated heterocycles. The van der Waals surface area contributed by atoms with Gasteiger partial charge in [-0.1, -0.05) is 29.5 Å². The Kier molecular flexibility index (Phi) is 7.43. The maximum Gasteiger partial charge on any atom is 0.416 e. The number of amides is 1. The maximum atomic E-state index is 13.1. The van der Waals surface area contributed by atoms with Gasteiger partial charge in [-0.3, -0.25) is 4.79 Å². The van der Waals surface area contributed by atoms with E-state index in [2.05, 4.69) is 30.9 Å². The number of hydrogen-bond donors (Lipinski definition) is 3. The second-order valence-electron chi connectivity index (χ2n) is 8.99. The Hall–Kier alpha value is -3.77. The number of carbonyl (C=O) groups is 1. The first-order valence-corrected chi connectivity index (χ1v) is 12.9. The van der Waals surface area contributed by atoms with E-state index in [9.17, 15) is 18.0 Å². The number of ether oxygens (including phenoxy) is 1. The van der Waals surface area contributed by atoms with E-state index < -0.39 is 11.7 Å². The number of carbonyl (C=O) groups excluding carboxylic acids is 1. The molecular formula is C26H25F3N6O2S. The molecule has 12 heteroatoms. The molecule has 1 amide bonds. The van der Waals surface area contributed by atoms with E-state index in [0.29, 0.717) is 46.1 Å². The third-order valence-electron chi connectivity index (χ3n) is 6.04. The number of hydrogen-bond acceptors (Lipinski definition) is 8. The van der Waals surface area contributed by atoms with Gasteiger partial charge in [0.15, 0.2) is 10.9 Å². The lowest BCUT2D eigenvalue weighted by molar-refractivity contribution is -0.137. The summed E-state index contributed by atoms with van der Waals surface area (Å²) in [7, 11) is 0. The summed E-state index contributed by atoms with van der Waals surface area (Å²) in [6.45, 7) is 3.94. The van der Waals surface area contributed by atoms with Crippen LogP contribution >= 0.6 is 11.3 Å². The van der Waals surface area contributed by atoms with E-state index in [1.807, 2.05) is 6.07 Å². The topological polar surface area (TPSA) is 101 Å². The van der Waals surface area contributed by atoms with Gasteiger partial charge in [0.2, 0.25) is 17.7 Å². The van der Waals surface area contributed by atoms with Gasteiger partial charge in [-0.15, -0.1) is 0 Å². The standard InChI is InChI=1S/C26H25F3N6O2S/c1-15(36)32-25-35-23-20(5-2-6-21(23)38-25)37-22-12-19(17-7-9-18(10-8-17)26(27,28)29)33-24(34-22)31-14-16-4-3-11-30-13-16/h2,5-10,12,16,30H,3-4,11,13-14H2,1H3,(H,31,33,34)(H,32,35,36). The predicted molar refractivity (Wildman–Crippen MR) is 141 cm³/mol. The number of nitrogens with one attached hydrogen (secondary N) is 3. The van der Waals surface area contributed by atoms with Crippen molar-refractivity contribution >= 4 is 38.5 Å². The maximum absolute atomic E-state index is 13.1. The molecule has 0 aliphatic carbocycles. The van der Waals surface area contributed by atoms with Gasteiger partial charge in [0, 0.05) is 25.1 Å². The third kappa shape index (κ3) is 6.20. The van der Waals surface area contributed by atoms with E-state index in [4.69, 9.17) is 4.74 Å². The van der Waals surface area contributed by atoms with E-state index in [1.165, 1.54) is 30.4 Å². The summed E-state index contributed by atoms with van der Waals surface area (Å²) in [5, 5.41) is 9.76. The molecule has 3 heterocycles. The van der Waals surface area contributed by atoms with Gasteiger partial charge >= 0.3 is 6.18 Å². The highest BCUT2D eigenvalue weighted by Crippen LogP contribution is 2.36. The molecule has 1 aliphatic heterocycles. The van der Waals surface area contributed by atoms with E-state index in [0.717, 1.165) is 42.8 Å². The second kappa shape index (κ2) is 10.9. The first-order valence-electron chi connectivity index (χ1n) is 12.1. The highest BCUT2D eigenvalue weighted by molar-refractivity contribution is 7.22. The Labute approximate surface area is 220 Å². The van der Waals surface area contributed by atoms with Crippen molar-refractivity contribution in [3.63, 3.8) is 0 Å². The van der Waals surface area contributed by atoms with Crippen LogP contribution in [0, 0.1) is 5.92 Å². The van der Waals surface area contributed by atoms with Crippen LogP contribution < -0.4 is 20.7 Å². The molecule has 0 bridgehead atoms. The summed E-state index contributed by atoms with van der Waals surface area (Å²) in [5.41, 5.74) is 0.726. The Morgan fingerprint density at radius 2 is 1.97 bits per heavy atom. The average Bonchev–Trinajstić information content (AvgIpc) is 3.30. The lowest BCUT2D eigenvalue weighted by atomic mass is 10.00. The molecule has 1 aliphatic rings. The Balaban J connectivity index is 1.47. The lowest BCUT2D eigenvalue weighted by Gasteiger charge is -2.23. The number of nitrogens with zero attached hydrogens (tertiary/aromatic N) is 3. The SMILES string of the molecule is CC(=O)Nc1nc2c(Oc3cc(-c4ccc(C(F)(F)F)cc4)nc(NCC4CCCNC4)n3)cccc2s1. The van der Waals surface area contributed by atoms with Gasteiger partial charge in [-0.05, 0) is 56.1 Å². The van der Waals surface area contributed by atoms with Crippen LogP contribution in [0.15, 0.2) is 48.5 Å². The van der Waals surface area contributed by atoms with Gasteiger partial charge in [0.05, 0.1) is 16.0 Å². The molecule has 0 spiro atoms. The van der Waals surface area contributed by atoms with Crippen LogP contribution in [-0.4, -0.2) is 40.5 Å². The van der Waals surface area contributed by atoms with Crippen LogP contribution in [0.4, 0.5) is 24.3 Å². The molecule has 0 radical (unpaired) electrons. The summed E-state index contributed by atoms with van der Waals surface area (Å²) >= 11 is 1.31. The second-order valence-corrected chi connectivity index (χ2v) is 10.0. The van der Waals surface area contributed by atoms with Crippen molar-refractivity contribution < 1.29 is 22.7 Å². The highest BCUT2D eigenvalue weighted by atomic mass is 32.1. The molecule has 2 aromatic heterocycles. The summed E-state index contributed by atoms with van der Waals surface area (Å²) < 4.78 is 46.2. The van der Waals surface area contributed by atoms with Crippen LogP contribution in [0.5, 0.6) is 11.6 Å². The number of piperidine rings is 1. The molecule has 8 nitrogen and oxygen atoms in total. The van der Waals surface area contributed by atoms with Gasteiger partial charge in [-0.2, -0.15) is 18.2 Å². The molecule has 1 atom stereocenters. The van der Waals surface area contributed by atoms with Gasteiger partial charge in [0.25, 0.3) is 0 Å². The fraction of sp³-hybridized carbons (Fsp3) is 0.308. The minimum atomic E-state index is -4.43.